The number of rotatable bonds is 2. The zero-order valence-corrected chi connectivity index (χ0v) is 12.3. The highest BCUT2D eigenvalue weighted by Crippen LogP contribution is 2.29. The molecule has 23 heavy (non-hydrogen) atoms. The highest BCUT2D eigenvalue weighted by Gasteiger charge is 2.46. The van der Waals surface area contributed by atoms with E-state index in [4.69, 9.17) is 0 Å². The summed E-state index contributed by atoms with van der Waals surface area (Å²) in [7, 11) is 0. The van der Waals surface area contributed by atoms with Crippen LogP contribution in [0, 0.1) is 0 Å². The van der Waals surface area contributed by atoms with Crippen molar-refractivity contribution < 1.29 is 22.8 Å². The Morgan fingerprint density at radius 2 is 1.70 bits per heavy atom. The van der Waals surface area contributed by atoms with Gasteiger partial charge in [0, 0.05) is 13.1 Å². The molecule has 124 valence electrons. The average molecular weight is 327 g/mol. The Morgan fingerprint density at radius 3 is 2.26 bits per heavy atom. The first-order valence-electron chi connectivity index (χ1n) is 7.36. The molecule has 1 fully saturated rings. The molecule has 0 spiro atoms. The lowest BCUT2D eigenvalue weighted by molar-refractivity contribution is -0.186. The molecule has 1 saturated heterocycles. The van der Waals surface area contributed by atoms with Crippen molar-refractivity contribution >= 4 is 11.8 Å². The van der Waals surface area contributed by atoms with Gasteiger partial charge in [0.25, 0.3) is 11.8 Å². The maximum Gasteiger partial charge on any atom is 0.404 e. The van der Waals surface area contributed by atoms with Crippen molar-refractivity contribution in [3.05, 3.63) is 35.4 Å². The molecule has 2 aliphatic heterocycles. The van der Waals surface area contributed by atoms with Crippen molar-refractivity contribution in [1.29, 1.82) is 0 Å². The van der Waals surface area contributed by atoms with Crippen LogP contribution in [0.1, 0.15) is 27.1 Å². The number of nitrogens with one attached hydrogen (secondary N) is 1. The number of hydrogen-bond donors (Lipinski definition) is 1. The van der Waals surface area contributed by atoms with Crippen molar-refractivity contribution in [3.63, 3.8) is 0 Å². The van der Waals surface area contributed by atoms with Crippen LogP contribution in [0.2, 0.25) is 0 Å². The van der Waals surface area contributed by atoms with Gasteiger partial charge in [-0.05, 0) is 25.1 Å². The summed E-state index contributed by atoms with van der Waals surface area (Å²) in [5.74, 6) is -1.08. The highest BCUT2D eigenvalue weighted by molar-refractivity contribution is 6.21. The molecule has 2 amide bonds. The number of alkyl halides is 3. The fourth-order valence-electron chi connectivity index (χ4n) is 3.01. The number of benzene rings is 1. The Kier molecular flexibility index (Phi) is 4.11. The van der Waals surface area contributed by atoms with Gasteiger partial charge in [-0.1, -0.05) is 12.1 Å². The minimum atomic E-state index is -4.40. The monoisotopic (exact) mass is 327 g/mol. The van der Waals surface area contributed by atoms with Crippen molar-refractivity contribution in [1.82, 2.24) is 15.1 Å². The van der Waals surface area contributed by atoms with E-state index in [2.05, 4.69) is 5.32 Å². The van der Waals surface area contributed by atoms with Gasteiger partial charge in [-0.2, -0.15) is 13.2 Å². The van der Waals surface area contributed by atoms with Crippen LogP contribution < -0.4 is 5.32 Å². The second-order valence-corrected chi connectivity index (χ2v) is 5.63. The summed E-state index contributed by atoms with van der Waals surface area (Å²) >= 11 is 0. The van der Waals surface area contributed by atoms with Crippen LogP contribution in [0.15, 0.2) is 24.3 Å². The number of carbonyl (C=O) groups is 2. The van der Waals surface area contributed by atoms with Crippen LogP contribution in [0.25, 0.3) is 0 Å². The van der Waals surface area contributed by atoms with Gasteiger partial charge in [0.15, 0.2) is 0 Å². The summed E-state index contributed by atoms with van der Waals surface area (Å²) in [6, 6.07) is 4.62. The third-order valence-electron chi connectivity index (χ3n) is 4.19. The Bertz CT molecular complexity index is 598. The van der Waals surface area contributed by atoms with Crippen LogP contribution in [-0.4, -0.2) is 60.1 Å². The van der Waals surface area contributed by atoms with E-state index < -0.39 is 24.0 Å². The number of carbonyl (C=O) groups excluding carboxylic acids is 2. The molecule has 0 radical (unpaired) electrons. The first-order chi connectivity index (χ1) is 10.9. The summed E-state index contributed by atoms with van der Waals surface area (Å²) in [5.41, 5.74) is 0.489. The number of fused-ring (bicyclic) bond motifs is 1. The third-order valence-corrected chi connectivity index (χ3v) is 4.19. The number of nitrogens with zero attached hydrogens (tertiary/aromatic N) is 2. The van der Waals surface area contributed by atoms with Crippen molar-refractivity contribution in [3.8, 4) is 0 Å². The predicted molar refractivity (Wildman–Crippen MR) is 75.8 cm³/mol. The highest BCUT2D eigenvalue weighted by atomic mass is 19.4. The second kappa shape index (κ2) is 5.93. The average Bonchev–Trinajstić information content (AvgIpc) is 2.70. The van der Waals surface area contributed by atoms with Crippen LogP contribution in [0.5, 0.6) is 0 Å². The lowest BCUT2D eigenvalue weighted by Crippen LogP contribution is -2.51. The van der Waals surface area contributed by atoms with Gasteiger partial charge in [0.05, 0.1) is 17.8 Å². The van der Waals surface area contributed by atoms with E-state index in [9.17, 15) is 22.8 Å². The Hall–Kier alpha value is -1.93. The van der Waals surface area contributed by atoms with Crippen molar-refractivity contribution in [2.24, 2.45) is 0 Å². The molecule has 5 nitrogen and oxygen atoms in total. The second-order valence-electron chi connectivity index (χ2n) is 5.63. The fourth-order valence-corrected chi connectivity index (χ4v) is 3.01. The smallest absolute Gasteiger partial charge is 0.315 e. The molecule has 1 aromatic carbocycles. The van der Waals surface area contributed by atoms with E-state index in [0.717, 1.165) is 9.80 Å². The number of amides is 2. The topological polar surface area (TPSA) is 52.7 Å². The molecular formula is C15H16F3N3O2. The molecular weight excluding hydrogens is 311 g/mol. The van der Waals surface area contributed by atoms with Gasteiger partial charge < -0.3 is 5.32 Å². The minimum Gasteiger partial charge on any atom is -0.315 e. The maximum absolute atomic E-state index is 13.2. The Balaban J connectivity index is 1.83. The van der Waals surface area contributed by atoms with Gasteiger partial charge in [0.2, 0.25) is 0 Å². The number of halogens is 3. The molecule has 2 heterocycles. The molecule has 1 unspecified atom stereocenters. The SMILES string of the molecule is O=C1c2ccccc2C(=O)N1CN1CCNCCC1C(F)(F)F. The normalized spacial score (nSPS) is 23.1. The summed E-state index contributed by atoms with van der Waals surface area (Å²) in [4.78, 5) is 26.7. The van der Waals surface area contributed by atoms with Crippen LogP contribution in [0.4, 0.5) is 13.2 Å². The van der Waals surface area contributed by atoms with Gasteiger partial charge >= 0.3 is 6.18 Å². The summed E-state index contributed by atoms with van der Waals surface area (Å²) < 4.78 is 39.7. The first-order valence-corrected chi connectivity index (χ1v) is 7.36. The molecule has 2 aliphatic rings. The summed E-state index contributed by atoms with van der Waals surface area (Å²) in [6.07, 6.45) is -4.50. The van der Waals surface area contributed by atoms with E-state index in [-0.39, 0.29) is 37.3 Å². The molecule has 1 atom stereocenters. The van der Waals surface area contributed by atoms with Crippen LogP contribution in [0.3, 0.4) is 0 Å². The maximum atomic E-state index is 13.2. The molecule has 1 aromatic rings. The summed E-state index contributed by atoms with van der Waals surface area (Å²) in [5, 5.41) is 2.91. The van der Waals surface area contributed by atoms with Gasteiger partial charge in [-0.25, -0.2) is 0 Å². The fraction of sp³-hybridized carbons (Fsp3) is 0.467. The zero-order valence-electron chi connectivity index (χ0n) is 12.3. The van der Waals surface area contributed by atoms with Crippen molar-refractivity contribution in [2.45, 2.75) is 18.6 Å². The molecule has 0 bridgehead atoms. The lowest BCUT2D eigenvalue weighted by atomic mass is 10.1. The molecule has 8 heteroatoms. The number of hydrogen-bond acceptors (Lipinski definition) is 4. The lowest BCUT2D eigenvalue weighted by Gasteiger charge is -2.33. The quantitative estimate of drug-likeness (QED) is 0.836. The zero-order chi connectivity index (χ0) is 16.6. The Labute approximate surface area is 131 Å². The van der Waals surface area contributed by atoms with Gasteiger partial charge in [0.1, 0.15) is 6.04 Å². The van der Waals surface area contributed by atoms with Gasteiger partial charge in [-0.15, -0.1) is 0 Å². The minimum absolute atomic E-state index is 0.104. The van der Waals surface area contributed by atoms with Crippen LogP contribution in [-0.2, 0) is 0 Å². The van der Waals surface area contributed by atoms with Crippen molar-refractivity contribution in [2.75, 3.05) is 26.3 Å². The molecule has 3 rings (SSSR count). The predicted octanol–water partition coefficient (Wildman–Crippen LogP) is 1.47. The number of imide groups is 1. The summed E-state index contributed by atoms with van der Waals surface area (Å²) in [6.45, 7) is 0.411. The van der Waals surface area contributed by atoms with E-state index in [0.29, 0.717) is 6.54 Å². The Morgan fingerprint density at radius 1 is 1.09 bits per heavy atom. The molecule has 0 saturated carbocycles. The molecule has 0 aliphatic carbocycles. The van der Waals surface area contributed by atoms with E-state index in [1.54, 1.807) is 12.1 Å². The van der Waals surface area contributed by atoms with Gasteiger partial charge in [-0.3, -0.25) is 19.4 Å². The molecule has 1 N–H and O–H groups in total. The van der Waals surface area contributed by atoms with E-state index in [1.165, 1.54) is 12.1 Å². The van der Waals surface area contributed by atoms with Crippen LogP contribution >= 0.6 is 0 Å². The van der Waals surface area contributed by atoms with E-state index in [1.807, 2.05) is 0 Å². The standard InChI is InChI=1S/C15H16F3N3O2/c16-15(17,18)12-5-6-19-7-8-20(12)9-21-13(22)10-3-1-2-4-11(10)14(21)23/h1-4,12,19H,5-9H2. The first kappa shape index (κ1) is 15.9. The largest absolute Gasteiger partial charge is 0.404 e. The molecule has 0 aromatic heterocycles. The van der Waals surface area contributed by atoms with E-state index >= 15 is 0 Å². The third kappa shape index (κ3) is 2.96.